The molecule has 134 valence electrons. The van der Waals surface area contributed by atoms with E-state index >= 15 is 0 Å². The highest BCUT2D eigenvalue weighted by molar-refractivity contribution is 6.16. The summed E-state index contributed by atoms with van der Waals surface area (Å²) in [5, 5.41) is 11.0. The highest BCUT2D eigenvalue weighted by atomic mass is 19.1. The fraction of sp³-hybridized carbons (Fsp3) is 0.250. The first kappa shape index (κ1) is 16.8. The number of furan rings is 1. The number of nitrogens with one attached hydrogen (secondary N) is 1. The summed E-state index contributed by atoms with van der Waals surface area (Å²) in [7, 11) is 0. The Morgan fingerprint density at radius 1 is 1.12 bits per heavy atom. The Morgan fingerprint density at radius 3 is 2.58 bits per heavy atom. The van der Waals surface area contributed by atoms with Gasteiger partial charge in [-0.05, 0) is 36.4 Å². The van der Waals surface area contributed by atoms with E-state index in [0.29, 0.717) is 47.4 Å². The SMILES string of the molecule is O=C(c1ccc(F)cc1)c1coc2ccc(O)c(C[NH+]3CCOCC3)c12. The van der Waals surface area contributed by atoms with Gasteiger partial charge in [-0.3, -0.25) is 4.79 Å². The normalized spacial score (nSPS) is 15.4. The molecular weight excluding hydrogens is 337 g/mol. The topological polar surface area (TPSA) is 64.1 Å². The van der Waals surface area contributed by atoms with E-state index in [4.69, 9.17) is 9.15 Å². The van der Waals surface area contributed by atoms with Crippen LogP contribution in [0, 0.1) is 5.82 Å². The second kappa shape index (κ2) is 6.90. The number of hydrogen-bond donors (Lipinski definition) is 2. The molecule has 3 aromatic rings. The van der Waals surface area contributed by atoms with Gasteiger partial charge in [0.2, 0.25) is 0 Å². The van der Waals surface area contributed by atoms with Crippen molar-refractivity contribution in [3.63, 3.8) is 0 Å². The number of fused-ring (bicyclic) bond motifs is 1. The van der Waals surface area contributed by atoms with Gasteiger partial charge in [0.15, 0.2) is 5.78 Å². The minimum atomic E-state index is -0.396. The number of ketones is 1. The zero-order valence-electron chi connectivity index (χ0n) is 14.1. The van der Waals surface area contributed by atoms with Crippen LogP contribution in [0.1, 0.15) is 21.5 Å². The summed E-state index contributed by atoms with van der Waals surface area (Å²) in [4.78, 5) is 14.2. The van der Waals surface area contributed by atoms with Crippen molar-refractivity contribution in [3.8, 4) is 5.75 Å². The van der Waals surface area contributed by atoms with E-state index < -0.39 is 5.82 Å². The number of benzene rings is 2. The molecule has 2 heterocycles. The fourth-order valence-corrected chi connectivity index (χ4v) is 3.38. The largest absolute Gasteiger partial charge is 0.507 e. The molecule has 1 fully saturated rings. The van der Waals surface area contributed by atoms with Gasteiger partial charge in [0, 0.05) is 10.9 Å². The number of halogens is 1. The van der Waals surface area contributed by atoms with Gasteiger partial charge in [-0.1, -0.05) is 0 Å². The lowest BCUT2D eigenvalue weighted by Crippen LogP contribution is -3.12. The first-order valence-corrected chi connectivity index (χ1v) is 8.57. The van der Waals surface area contributed by atoms with Crippen LogP contribution in [0.2, 0.25) is 0 Å². The van der Waals surface area contributed by atoms with Crippen molar-refractivity contribution < 1.29 is 28.3 Å². The monoisotopic (exact) mass is 356 g/mol. The van der Waals surface area contributed by atoms with Crippen LogP contribution in [0.5, 0.6) is 5.75 Å². The van der Waals surface area contributed by atoms with E-state index in [1.54, 1.807) is 12.1 Å². The molecule has 0 spiro atoms. The number of phenolic OH excluding ortho intramolecular Hbond substituents is 1. The Balaban J connectivity index is 1.76. The summed E-state index contributed by atoms with van der Waals surface area (Å²) in [6.45, 7) is 3.62. The quantitative estimate of drug-likeness (QED) is 0.701. The number of aromatic hydroxyl groups is 1. The van der Waals surface area contributed by atoms with Gasteiger partial charge in [-0.25, -0.2) is 4.39 Å². The molecule has 0 unspecified atom stereocenters. The smallest absolute Gasteiger partial charge is 0.196 e. The van der Waals surface area contributed by atoms with Gasteiger partial charge in [0.25, 0.3) is 0 Å². The van der Waals surface area contributed by atoms with Gasteiger partial charge in [0.05, 0.1) is 24.3 Å². The molecule has 26 heavy (non-hydrogen) atoms. The third-order valence-corrected chi connectivity index (χ3v) is 4.80. The third kappa shape index (κ3) is 3.09. The van der Waals surface area contributed by atoms with Crippen LogP contribution in [0.4, 0.5) is 4.39 Å². The highest BCUT2D eigenvalue weighted by Gasteiger charge is 2.24. The summed E-state index contributed by atoms with van der Waals surface area (Å²) >= 11 is 0. The number of ether oxygens (including phenoxy) is 1. The van der Waals surface area contributed by atoms with E-state index in [1.807, 2.05) is 0 Å². The first-order chi connectivity index (χ1) is 12.6. The van der Waals surface area contributed by atoms with Crippen LogP contribution in [0.25, 0.3) is 11.0 Å². The van der Waals surface area contributed by atoms with Crippen LogP contribution in [-0.4, -0.2) is 37.2 Å². The van der Waals surface area contributed by atoms with Crippen molar-refractivity contribution in [2.45, 2.75) is 6.54 Å². The number of quaternary nitrogens is 1. The summed E-state index contributed by atoms with van der Waals surface area (Å²) in [6.07, 6.45) is 1.41. The van der Waals surface area contributed by atoms with E-state index in [-0.39, 0.29) is 11.5 Å². The lowest BCUT2D eigenvalue weighted by Gasteiger charge is -2.24. The van der Waals surface area contributed by atoms with Crippen LogP contribution in [0.15, 0.2) is 47.1 Å². The van der Waals surface area contributed by atoms with Crippen LogP contribution in [-0.2, 0) is 11.3 Å². The molecule has 1 aliphatic rings. The highest BCUT2D eigenvalue weighted by Crippen LogP contribution is 2.32. The Morgan fingerprint density at radius 2 is 1.85 bits per heavy atom. The number of hydrogen-bond acceptors (Lipinski definition) is 4. The lowest BCUT2D eigenvalue weighted by molar-refractivity contribution is -0.921. The molecule has 1 saturated heterocycles. The van der Waals surface area contributed by atoms with Gasteiger partial charge >= 0.3 is 0 Å². The van der Waals surface area contributed by atoms with Gasteiger partial charge < -0.3 is 19.2 Å². The number of carbonyl (C=O) groups excluding carboxylic acids is 1. The number of phenols is 1. The molecule has 5 nitrogen and oxygen atoms in total. The minimum absolute atomic E-state index is 0.144. The standard InChI is InChI=1S/C20H18FNO4/c21-14-3-1-13(2-4-14)20(24)16-12-26-18-6-5-17(23)15(19(16)18)11-22-7-9-25-10-8-22/h1-6,12,23H,7-11H2/p+1. The molecule has 0 aliphatic carbocycles. The predicted molar refractivity (Wildman–Crippen MR) is 92.9 cm³/mol. The Kier molecular flexibility index (Phi) is 4.44. The molecule has 0 atom stereocenters. The zero-order chi connectivity index (χ0) is 18.1. The van der Waals surface area contributed by atoms with Gasteiger partial charge in [0.1, 0.15) is 43.0 Å². The summed E-state index contributed by atoms with van der Waals surface area (Å²) in [5.74, 6) is -0.508. The molecule has 0 saturated carbocycles. The van der Waals surface area contributed by atoms with Crippen LogP contribution >= 0.6 is 0 Å². The van der Waals surface area contributed by atoms with Crippen LogP contribution < -0.4 is 4.90 Å². The van der Waals surface area contributed by atoms with E-state index in [2.05, 4.69) is 0 Å². The summed E-state index contributed by atoms with van der Waals surface area (Å²) < 4.78 is 24.1. The third-order valence-electron chi connectivity index (χ3n) is 4.80. The second-order valence-electron chi connectivity index (χ2n) is 6.46. The molecule has 2 aromatic carbocycles. The Hall–Kier alpha value is -2.70. The van der Waals surface area contributed by atoms with E-state index in [9.17, 15) is 14.3 Å². The number of morpholine rings is 1. The summed E-state index contributed by atoms with van der Waals surface area (Å²) in [6, 6.07) is 8.66. The molecule has 0 bridgehead atoms. The summed E-state index contributed by atoms with van der Waals surface area (Å²) in [5.41, 5.74) is 2.00. The van der Waals surface area contributed by atoms with Crippen molar-refractivity contribution in [3.05, 3.63) is 65.2 Å². The maximum atomic E-state index is 13.1. The second-order valence-corrected chi connectivity index (χ2v) is 6.46. The number of rotatable bonds is 4. The Labute approximate surface area is 149 Å². The zero-order valence-corrected chi connectivity index (χ0v) is 14.1. The molecule has 4 rings (SSSR count). The van der Waals surface area contributed by atoms with E-state index in [1.165, 1.54) is 35.4 Å². The molecule has 0 radical (unpaired) electrons. The molecule has 6 heteroatoms. The van der Waals surface area contributed by atoms with Crippen molar-refractivity contribution >= 4 is 16.8 Å². The van der Waals surface area contributed by atoms with Gasteiger partial charge in [-0.2, -0.15) is 0 Å². The molecule has 1 aliphatic heterocycles. The Bertz CT molecular complexity index is 942. The average Bonchev–Trinajstić information content (AvgIpc) is 3.09. The first-order valence-electron chi connectivity index (χ1n) is 8.57. The molecule has 0 amide bonds. The van der Waals surface area contributed by atoms with Crippen molar-refractivity contribution in [2.24, 2.45) is 0 Å². The number of carbonyl (C=O) groups is 1. The average molecular weight is 356 g/mol. The minimum Gasteiger partial charge on any atom is -0.507 e. The van der Waals surface area contributed by atoms with Crippen molar-refractivity contribution in [1.82, 2.24) is 0 Å². The molecule has 2 N–H and O–H groups in total. The fourth-order valence-electron chi connectivity index (χ4n) is 3.38. The maximum absolute atomic E-state index is 13.1. The maximum Gasteiger partial charge on any atom is 0.196 e. The van der Waals surface area contributed by atoms with Crippen molar-refractivity contribution in [2.75, 3.05) is 26.3 Å². The lowest BCUT2D eigenvalue weighted by atomic mass is 9.98. The van der Waals surface area contributed by atoms with Crippen molar-refractivity contribution in [1.29, 1.82) is 0 Å². The molecular formula is C20H19FNO4+. The van der Waals surface area contributed by atoms with Gasteiger partial charge in [-0.15, -0.1) is 0 Å². The van der Waals surface area contributed by atoms with Crippen LogP contribution in [0.3, 0.4) is 0 Å². The predicted octanol–water partition coefficient (Wildman–Crippen LogP) is 1.92. The van der Waals surface area contributed by atoms with E-state index in [0.717, 1.165) is 13.1 Å². The molecule has 1 aromatic heterocycles.